The quantitative estimate of drug-likeness (QED) is 0.485. The predicted octanol–water partition coefficient (Wildman–Crippen LogP) is 1.82. The van der Waals surface area contributed by atoms with Crippen molar-refractivity contribution in [3.63, 3.8) is 0 Å². The van der Waals surface area contributed by atoms with Gasteiger partial charge in [0.15, 0.2) is 0 Å². The van der Waals surface area contributed by atoms with Crippen LogP contribution in [0.25, 0.3) is 0 Å². The van der Waals surface area contributed by atoms with E-state index in [1.165, 1.54) is 32.5 Å². The monoisotopic (exact) mass is 208 g/mol. The lowest BCUT2D eigenvalue weighted by Crippen LogP contribution is -2.38. The molecule has 0 aromatic carbocycles. The van der Waals surface area contributed by atoms with Gasteiger partial charge in [-0.2, -0.15) is 0 Å². The first kappa shape index (κ1) is 12.5. The van der Waals surface area contributed by atoms with Crippen LogP contribution < -0.4 is 0 Å². The van der Waals surface area contributed by atoms with Gasteiger partial charge in [0.1, 0.15) is 0 Å². The minimum atomic E-state index is 0.783. The summed E-state index contributed by atoms with van der Waals surface area (Å²) in [6, 6.07) is 0.783. The van der Waals surface area contributed by atoms with E-state index in [1.807, 2.05) is 0 Å². The molecule has 0 aromatic heterocycles. The topological polar surface area (TPSA) is 6.48 Å². The normalized spacial score (nSPS) is 22.1. The number of nitrogens with zero attached hydrogens (tertiary/aromatic N) is 2. The summed E-state index contributed by atoms with van der Waals surface area (Å²) in [7, 11) is 2.21. The number of rotatable bonds is 6. The van der Waals surface area contributed by atoms with Crippen molar-refractivity contribution in [1.82, 2.24) is 9.80 Å². The largest absolute Gasteiger partial charge is 0.305 e. The van der Waals surface area contributed by atoms with Crippen molar-refractivity contribution in [2.75, 3.05) is 33.2 Å². The Hall–Kier alpha value is -0.520. The third-order valence-electron chi connectivity index (χ3n) is 3.29. The lowest BCUT2D eigenvalue weighted by molar-refractivity contribution is 0.198. The third-order valence-corrected chi connectivity index (χ3v) is 3.29. The lowest BCUT2D eigenvalue weighted by atomic mass is 10.2. The zero-order valence-electron chi connectivity index (χ0n) is 10.2. The summed E-state index contributed by atoms with van der Waals surface area (Å²) in [4.78, 5) is 5.02. The Balaban J connectivity index is 2.19. The summed E-state index contributed by atoms with van der Waals surface area (Å²) in [5, 5.41) is 0. The highest BCUT2D eigenvalue weighted by Crippen LogP contribution is 2.17. The molecule has 1 heterocycles. The maximum Gasteiger partial charge on any atom is 0.0223 e. The van der Waals surface area contributed by atoms with Gasteiger partial charge >= 0.3 is 0 Å². The van der Waals surface area contributed by atoms with Gasteiger partial charge in [-0.05, 0) is 45.9 Å². The minimum absolute atomic E-state index is 0.783. The summed E-state index contributed by atoms with van der Waals surface area (Å²) in [5.41, 5.74) is 0. The van der Waals surface area contributed by atoms with Crippen LogP contribution in [0.3, 0.4) is 0 Å². The van der Waals surface area contributed by atoms with Crippen LogP contribution in [0.15, 0.2) is 0 Å². The molecular formula is C13H24N2. The van der Waals surface area contributed by atoms with Crippen molar-refractivity contribution in [3.8, 4) is 12.3 Å². The molecule has 0 saturated carbocycles. The number of terminal acetylenes is 1. The van der Waals surface area contributed by atoms with Crippen molar-refractivity contribution < 1.29 is 0 Å². The van der Waals surface area contributed by atoms with E-state index in [-0.39, 0.29) is 0 Å². The highest BCUT2D eigenvalue weighted by atomic mass is 15.2. The fourth-order valence-corrected chi connectivity index (χ4v) is 2.42. The zero-order valence-corrected chi connectivity index (χ0v) is 10.2. The highest BCUT2D eigenvalue weighted by molar-refractivity contribution is 4.84. The summed E-state index contributed by atoms with van der Waals surface area (Å²) in [5.74, 6) is 2.70. The maximum atomic E-state index is 5.25. The highest BCUT2D eigenvalue weighted by Gasteiger charge is 2.23. The standard InChI is InChI=1S/C13H24N2/c1-4-6-7-10-14(3)12-13-9-8-11-15(13)5-2/h1,13H,5-12H2,2-3H3. The summed E-state index contributed by atoms with van der Waals surface area (Å²) in [6.45, 7) is 7.09. The van der Waals surface area contributed by atoms with Crippen molar-refractivity contribution >= 4 is 0 Å². The molecular weight excluding hydrogens is 184 g/mol. The Morgan fingerprint density at radius 1 is 1.53 bits per heavy atom. The molecule has 1 rings (SSSR count). The molecule has 0 bridgehead atoms. The fraction of sp³-hybridized carbons (Fsp3) is 0.846. The second kappa shape index (κ2) is 6.87. The number of likely N-dealkylation sites (tertiary alicyclic amines) is 1. The van der Waals surface area contributed by atoms with Crippen LogP contribution in [-0.2, 0) is 0 Å². The molecule has 1 saturated heterocycles. The predicted molar refractivity (Wildman–Crippen MR) is 65.8 cm³/mol. The van der Waals surface area contributed by atoms with Crippen molar-refractivity contribution in [1.29, 1.82) is 0 Å². The first-order valence-electron chi connectivity index (χ1n) is 6.14. The smallest absolute Gasteiger partial charge is 0.0223 e. The minimum Gasteiger partial charge on any atom is -0.305 e. The maximum absolute atomic E-state index is 5.25. The van der Waals surface area contributed by atoms with Crippen molar-refractivity contribution in [2.45, 2.75) is 38.6 Å². The van der Waals surface area contributed by atoms with Crippen LogP contribution in [0.5, 0.6) is 0 Å². The van der Waals surface area contributed by atoms with Crippen LogP contribution in [0, 0.1) is 12.3 Å². The van der Waals surface area contributed by atoms with E-state index in [1.54, 1.807) is 0 Å². The van der Waals surface area contributed by atoms with Crippen LogP contribution in [0.4, 0.5) is 0 Å². The van der Waals surface area contributed by atoms with Crippen LogP contribution in [0.2, 0.25) is 0 Å². The second-order valence-electron chi connectivity index (χ2n) is 4.49. The van der Waals surface area contributed by atoms with Crippen molar-refractivity contribution in [3.05, 3.63) is 0 Å². The molecule has 0 amide bonds. The molecule has 0 radical (unpaired) electrons. The number of hydrogen-bond acceptors (Lipinski definition) is 2. The number of unbranched alkanes of at least 4 members (excludes halogenated alkanes) is 1. The molecule has 2 heteroatoms. The van der Waals surface area contributed by atoms with Gasteiger partial charge in [0.25, 0.3) is 0 Å². The van der Waals surface area contributed by atoms with E-state index >= 15 is 0 Å². The van der Waals surface area contributed by atoms with Gasteiger partial charge in [-0.15, -0.1) is 12.3 Å². The molecule has 0 aliphatic carbocycles. The molecule has 15 heavy (non-hydrogen) atoms. The summed E-state index contributed by atoms with van der Waals surface area (Å²) in [6.07, 6.45) is 10.0. The van der Waals surface area contributed by atoms with Crippen LogP contribution >= 0.6 is 0 Å². The molecule has 86 valence electrons. The van der Waals surface area contributed by atoms with E-state index in [4.69, 9.17) is 6.42 Å². The Kier molecular flexibility index (Phi) is 5.75. The van der Waals surface area contributed by atoms with Crippen molar-refractivity contribution in [2.24, 2.45) is 0 Å². The molecule has 1 aliphatic rings. The SMILES string of the molecule is C#CCCCN(C)CC1CCCN1CC. The molecule has 0 N–H and O–H groups in total. The molecule has 0 aromatic rings. The Morgan fingerprint density at radius 2 is 2.33 bits per heavy atom. The van der Waals surface area contributed by atoms with Gasteiger partial charge in [0.2, 0.25) is 0 Å². The van der Waals surface area contributed by atoms with Gasteiger partial charge in [0.05, 0.1) is 0 Å². The number of likely N-dealkylation sites (N-methyl/N-ethyl adjacent to an activating group) is 2. The number of hydrogen-bond donors (Lipinski definition) is 0. The van der Waals surface area contributed by atoms with Gasteiger partial charge < -0.3 is 4.90 Å². The first-order valence-corrected chi connectivity index (χ1v) is 6.14. The van der Waals surface area contributed by atoms with Gasteiger partial charge in [0, 0.05) is 19.0 Å². The van der Waals surface area contributed by atoms with E-state index in [0.717, 1.165) is 25.4 Å². The fourth-order valence-electron chi connectivity index (χ4n) is 2.42. The first-order chi connectivity index (χ1) is 7.27. The Bertz CT molecular complexity index is 207. The molecule has 0 spiro atoms. The van der Waals surface area contributed by atoms with E-state index in [9.17, 15) is 0 Å². The molecule has 1 fully saturated rings. The van der Waals surface area contributed by atoms with E-state index in [0.29, 0.717) is 0 Å². The lowest BCUT2D eigenvalue weighted by Gasteiger charge is -2.27. The van der Waals surface area contributed by atoms with E-state index in [2.05, 4.69) is 29.7 Å². The molecule has 2 nitrogen and oxygen atoms in total. The van der Waals surface area contributed by atoms with E-state index < -0.39 is 0 Å². The average Bonchev–Trinajstić information content (AvgIpc) is 2.65. The summed E-state index contributed by atoms with van der Waals surface area (Å²) < 4.78 is 0. The Morgan fingerprint density at radius 3 is 3.00 bits per heavy atom. The summed E-state index contributed by atoms with van der Waals surface area (Å²) >= 11 is 0. The van der Waals surface area contributed by atoms with Crippen LogP contribution in [0.1, 0.15) is 32.6 Å². The van der Waals surface area contributed by atoms with Gasteiger partial charge in [-0.3, -0.25) is 4.90 Å². The molecule has 1 atom stereocenters. The molecule has 1 unspecified atom stereocenters. The van der Waals surface area contributed by atoms with Gasteiger partial charge in [-0.1, -0.05) is 6.92 Å². The molecule has 1 aliphatic heterocycles. The van der Waals surface area contributed by atoms with Crippen LogP contribution in [-0.4, -0.2) is 49.1 Å². The second-order valence-corrected chi connectivity index (χ2v) is 4.49. The third kappa shape index (κ3) is 4.24. The zero-order chi connectivity index (χ0) is 11.1. The Labute approximate surface area is 94.6 Å². The van der Waals surface area contributed by atoms with Gasteiger partial charge in [-0.25, -0.2) is 0 Å². The average molecular weight is 208 g/mol.